The largest absolute Gasteiger partial charge is 0.345 e. The quantitative estimate of drug-likeness (QED) is 0.725. The highest BCUT2D eigenvalue weighted by molar-refractivity contribution is 5.95. The van der Waals surface area contributed by atoms with Gasteiger partial charge in [0, 0.05) is 52.4 Å². The highest BCUT2D eigenvalue weighted by Gasteiger charge is 2.38. The van der Waals surface area contributed by atoms with Crippen molar-refractivity contribution in [2.75, 3.05) is 39.3 Å². The maximum Gasteiger partial charge on any atom is 0.244 e. The standard InChI is InChI=1S/C19H28N6O2/c1-2-3-5-22-6-4-7-25-16(13-22)10-15(21-25)12-23-8-9-24-17(14-23)19(27)20-11-18(24)26/h2,10,17H,1,3-9,11-14H2,(H,20,27). The van der Waals surface area contributed by atoms with Gasteiger partial charge >= 0.3 is 0 Å². The van der Waals surface area contributed by atoms with Gasteiger partial charge in [0.1, 0.15) is 6.04 Å². The van der Waals surface area contributed by atoms with Crippen LogP contribution in [0.15, 0.2) is 18.7 Å². The molecular weight excluding hydrogens is 344 g/mol. The van der Waals surface area contributed by atoms with Gasteiger partial charge in [-0.25, -0.2) is 0 Å². The Labute approximate surface area is 159 Å². The van der Waals surface area contributed by atoms with E-state index in [1.807, 2.05) is 6.08 Å². The number of amides is 2. The number of aromatic nitrogens is 2. The Morgan fingerprint density at radius 3 is 2.96 bits per heavy atom. The molecule has 2 amide bonds. The van der Waals surface area contributed by atoms with Gasteiger partial charge in [-0.05, 0) is 18.9 Å². The molecule has 0 aliphatic carbocycles. The summed E-state index contributed by atoms with van der Waals surface area (Å²) in [5, 5.41) is 7.50. The maximum atomic E-state index is 12.1. The van der Waals surface area contributed by atoms with Crippen LogP contribution in [0, 0.1) is 0 Å². The number of aryl methyl sites for hydroxylation is 1. The summed E-state index contributed by atoms with van der Waals surface area (Å²) in [5.41, 5.74) is 2.31. The highest BCUT2D eigenvalue weighted by Crippen LogP contribution is 2.18. The number of carbonyl (C=O) groups is 2. The molecule has 0 radical (unpaired) electrons. The van der Waals surface area contributed by atoms with Crippen LogP contribution in [0.3, 0.4) is 0 Å². The number of piperazine rings is 2. The number of hydrogen-bond donors (Lipinski definition) is 1. The molecule has 0 saturated carbocycles. The van der Waals surface area contributed by atoms with Crippen LogP contribution in [-0.2, 0) is 29.2 Å². The van der Waals surface area contributed by atoms with Crippen molar-refractivity contribution in [2.24, 2.45) is 0 Å². The van der Waals surface area contributed by atoms with E-state index in [-0.39, 0.29) is 24.4 Å². The molecule has 1 aromatic heterocycles. The van der Waals surface area contributed by atoms with Crippen LogP contribution < -0.4 is 5.32 Å². The lowest BCUT2D eigenvalue weighted by Crippen LogP contribution is -2.65. The summed E-state index contributed by atoms with van der Waals surface area (Å²) in [6.07, 6.45) is 4.08. The summed E-state index contributed by atoms with van der Waals surface area (Å²) < 4.78 is 2.14. The lowest BCUT2D eigenvalue weighted by molar-refractivity contribution is -0.149. The van der Waals surface area contributed by atoms with E-state index in [1.54, 1.807) is 4.90 Å². The predicted octanol–water partition coefficient (Wildman–Crippen LogP) is -0.192. The zero-order valence-electron chi connectivity index (χ0n) is 15.8. The molecule has 1 aromatic rings. The van der Waals surface area contributed by atoms with E-state index >= 15 is 0 Å². The Morgan fingerprint density at radius 2 is 2.11 bits per heavy atom. The Bertz CT molecular complexity index is 730. The second-order valence-corrected chi connectivity index (χ2v) is 7.61. The van der Waals surface area contributed by atoms with Gasteiger partial charge in [-0.15, -0.1) is 6.58 Å². The minimum absolute atomic E-state index is 0.0209. The highest BCUT2D eigenvalue weighted by atomic mass is 16.2. The fraction of sp³-hybridized carbons (Fsp3) is 0.632. The van der Waals surface area contributed by atoms with Crippen molar-refractivity contribution in [1.29, 1.82) is 0 Å². The molecule has 2 saturated heterocycles. The molecule has 0 spiro atoms. The summed E-state index contributed by atoms with van der Waals surface area (Å²) in [6.45, 7) is 10.6. The third-order valence-corrected chi connectivity index (χ3v) is 5.68. The number of carbonyl (C=O) groups excluding carboxylic acids is 2. The number of nitrogens with zero attached hydrogens (tertiary/aromatic N) is 5. The van der Waals surface area contributed by atoms with E-state index in [2.05, 4.69) is 32.4 Å². The molecular formula is C19H28N6O2. The first-order valence-corrected chi connectivity index (χ1v) is 9.82. The Kier molecular flexibility index (Phi) is 5.27. The monoisotopic (exact) mass is 372 g/mol. The number of hydrogen-bond acceptors (Lipinski definition) is 5. The molecule has 3 aliphatic heterocycles. The van der Waals surface area contributed by atoms with Crippen LogP contribution in [-0.4, -0.2) is 81.6 Å². The van der Waals surface area contributed by atoms with Crippen molar-refractivity contribution in [3.05, 3.63) is 30.1 Å². The molecule has 4 heterocycles. The fourth-order valence-corrected chi connectivity index (χ4v) is 4.25. The van der Waals surface area contributed by atoms with Gasteiger partial charge in [0.05, 0.1) is 17.9 Å². The SMILES string of the molecule is C=CCCN1CCCn2nc(CN3CCN4C(=O)CNC(=O)C4C3)cc2C1. The van der Waals surface area contributed by atoms with Gasteiger partial charge in [0.2, 0.25) is 11.8 Å². The molecule has 146 valence electrons. The average molecular weight is 372 g/mol. The molecule has 8 heteroatoms. The molecule has 27 heavy (non-hydrogen) atoms. The third-order valence-electron chi connectivity index (χ3n) is 5.68. The summed E-state index contributed by atoms with van der Waals surface area (Å²) in [6, 6.07) is 1.83. The molecule has 0 bridgehead atoms. The Hall–Kier alpha value is -2.19. The molecule has 1 unspecified atom stereocenters. The molecule has 3 aliphatic rings. The third kappa shape index (κ3) is 3.91. The first kappa shape index (κ1) is 18.2. The average Bonchev–Trinajstić information content (AvgIpc) is 2.93. The van der Waals surface area contributed by atoms with Crippen LogP contribution in [0.2, 0.25) is 0 Å². The Morgan fingerprint density at radius 1 is 1.22 bits per heavy atom. The predicted molar refractivity (Wildman–Crippen MR) is 101 cm³/mol. The molecule has 4 rings (SSSR count). The van der Waals surface area contributed by atoms with Crippen LogP contribution >= 0.6 is 0 Å². The lowest BCUT2D eigenvalue weighted by Gasteiger charge is -2.42. The first-order chi connectivity index (χ1) is 13.1. The van der Waals surface area contributed by atoms with Crippen molar-refractivity contribution in [1.82, 2.24) is 29.8 Å². The number of fused-ring (bicyclic) bond motifs is 2. The van der Waals surface area contributed by atoms with Gasteiger partial charge in [0.25, 0.3) is 0 Å². The van der Waals surface area contributed by atoms with Crippen molar-refractivity contribution >= 4 is 11.8 Å². The van der Waals surface area contributed by atoms with Crippen molar-refractivity contribution in [3.63, 3.8) is 0 Å². The number of nitrogens with one attached hydrogen (secondary N) is 1. The second-order valence-electron chi connectivity index (χ2n) is 7.61. The van der Waals surface area contributed by atoms with Crippen LogP contribution in [0.1, 0.15) is 24.2 Å². The number of rotatable bonds is 5. The first-order valence-electron chi connectivity index (χ1n) is 9.82. The van der Waals surface area contributed by atoms with E-state index < -0.39 is 0 Å². The molecule has 0 aromatic carbocycles. The zero-order valence-corrected chi connectivity index (χ0v) is 15.8. The summed E-state index contributed by atoms with van der Waals surface area (Å²) in [5.74, 6) is -0.0228. The van der Waals surface area contributed by atoms with Crippen molar-refractivity contribution in [3.8, 4) is 0 Å². The van der Waals surface area contributed by atoms with Gasteiger partial charge in [-0.1, -0.05) is 6.08 Å². The van der Waals surface area contributed by atoms with Gasteiger partial charge < -0.3 is 10.2 Å². The zero-order chi connectivity index (χ0) is 18.8. The van der Waals surface area contributed by atoms with Gasteiger partial charge in [0.15, 0.2) is 0 Å². The summed E-state index contributed by atoms with van der Waals surface area (Å²) in [4.78, 5) is 30.5. The Balaban J connectivity index is 1.40. The molecule has 8 nitrogen and oxygen atoms in total. The van der Waals surface area contributed by atoms with Gasteiger partial charge in [-0.3, -0.25) is 24.1 Å². The molecule has 1 N–H and O–H groups in total. The summed E-state index contributed by atoms with van der Waals surface area (Å²) in [7, 11) is 0. The minimum atomic E-state index is -0.366. The summed E-state index contributed by atoms with van der Waals surface area (Å²) >= 11 is 0. The van der Waals surface area contributed by atoms with E-state index in [0.717, 1.165) is 57.8 Å². The lowest BCUT2D eigenvalue weighted by atomic mass is 10.1. The van der Waals surface area contributed by atoms with Crippen LogP contribution in [0.5, 0.6) is 0 Å². The van der Waals surface area contributed by atoms with Crippen molar-refractivity contribution < 1.29 is 9.59 Å². The molecule has 1 atom stereocenters. The topological polar surface area (TPSA) is 73.7 Å². The maximum absolute atomic E-state index is 12.1. The van der Waals surface area contributed by atoms with E-state index in [1.165, 1.54) is 5.69 Å². The van der Waals surface area contributed by atoms with E-state index in [4.69, 9.17) is 5.10 Å². The minimum Gasteiger partial charge on any atom is -0.345 e. The van der Waals surface area contributed by atoms with E-state index in [0.29, 0.717) is 13.1 Å². The van der Waals surface area contributed by atoms with E-state index in [9.17, 15) is 9.59 Å². The van der Waals surface area contributed by atoms with Crippen LogP contribution in [0.25, 0.3) is 0 Å². The molecule has 2 fully saturated rings. The van der Waals surface area contributed by atoms with Crippen LogP contribution in [0.4, 0.5) is 0 Å². The normalized spacial score (nSPS) is 24.1. The fourth-order valence-electron chi connectivity index (χ4n) is 4.25. The van der Waals surface area contributed by atoms with Gasteiger partial charge in [-0.2, -0.15) is 5.10 Å². The second kappa shape index (κ2) is 7.82. The smallest absolute Gasteiger partial charge is 0.244 e. The van der Waals surface area contributed by atoms with Crippen molar-refractivity contribution in [2.45, 2.75) is 38.5 Å².